The van der Waals surface area contributed by atoms with Crippen LogP contribution in [0, 0.1) is 6.92 Å². The van der Waals surface area contributed by atoms with E-state index in [0.29, 0.717) is 5.56 Å². The van der Waals surface area contributed by atoms with E-state index in [1.54, 1.807) is 13.0 Å². The van der Waals surface area contributed by atoms with Crippen LogP contribution >= 0.6 is 23.2 Å². The summed E-state index contributed by atoms with van der Waals surface area (Å²) in [6.07, 6.45) is 0. The van der Waals surface area contributed by atoms with Crippen molar-refractivity contribution in [1.29, 1.82) is 0 Å². The average Bonchev–Trinajstić information content (AvgIpc) is 2.55. The molecule has 0 heterocycles. The van der Waals surface area contributed by atoms with Gasteiger partial charge in [-0.05, 0) is 36.8 Å². The molecule has 0 atom stereocenters. The van der Waals surface area contributed by atoms with Crippen LogP contribution < -0.4 is 10.5 Å². The Morgan fingerprint density at radius 1 is 1.15 bits per heavy atom. The second-order valence-corrected chi connectivity index (χ2v) is 7.62. The summed E-state index contributed by atoms with van der Waals surface area (Å²) in [5.74, 6) is -1.53. The first-order valence-electron chi connectivity index (χ1n) is 7.14. The van der Waals surface area contributed by atoms with E-state index in [1.165, 1.54) is 24.3 Å². The fourth-order valence-electron chi connectivity index (χ4n) is 2.00. The van der Waals surface area contributed by atoms with Gasteiger partial charge in [0.1, 0.15) is 0 Å². The van der Waals surface area contributed by atoms with E-state index >= 15 is 0 Å². The molecule has 2 aromatic rings. The fourth-order valence-corrected chi connectivity index (χ4v) is 3.03. The quantitative estimate of drug-likeness (QED) is 0.726. The molecule has 2 rings (SSSR count). The molecule has 3 N–H and O–H groups in total. The maximum Gasteiger partial charge on any atom is 0.338 e. The molecule has 10 heteroatoms. The van der Waals surface area contributed by atoms with Crippen LogP contribution in [0.1, 0.15) is 15.9 Å². The molecule has 138 valence electrons. The minimum atomic E-state index is -3.97. The van der Waals surface area contributed by atoms with Crippen LogP contribution in [-0.4, -0.2) is 26.9 Å². The lowest BCUT2D eigenvalue weighted by atomic mass is 10.1. The normalized spacial score (nSPS) is 11.1. The number of esters is 1. The van der Waals surface area contributed by atoms with Crippen molar-refractivity contribution in [2.24, 2.45) is 5.14 Å². The van der Waals surface area contributed by atoms with Gasteiger partial charge in [-0.1, -0.05) is 35.3 Å². The number of benzene rings is 2. The van der Waals surface area contributed by atoms with Gasteiger partial charge < -0.3 is 10.1 Å². The Morgan fingerprint density at radius 3 is 2.35 bits per heavy atom. The van der Waals surface area contributed by atoms with Gasteiger partial charge in [-0.15, -0.1) is 0 Å². The maximum atomic E-state index is 12.1. The van der Waals surface area contributed by atoms with Crippen molar-refractivity contribution in [3.8, 4) is 0 Å². The van der Waals surface area contributed by atoms with Crippen LogP contribution in [0.3, 0.4) is 0 Å². The number of carbonyl (C=O) groups is 2. The average molecular weight is 417 g/mol. The summed E-state index contributed by atoms with van der Waals surface area (Å²) in [5, 5.41) is 7.94. The first-order valence-corrected chi connectivity index (χ1v) is 9.44. The van der Waals surface area contributed by atoms with Crippen molar-refractivity contribution >= 4 is 50.8 Å². The second kappa shape index (κ2) is 8.05. The van der Waals surface area contributed by atoms with Crippen LogP contribution in [0.5, 0.6) is 0 Å². The fraction of sp³-hybridized carbons (Fsp3) is 0.125. The van der Waals surface area contributed by atoms with Crippen molar-refractivity contribution in [2.45, 2.75) is 11.8 Å². The maximum absolute atomic E-state index is 12.1. The minimum absolute atomic E-state index is 0.0138. The number of nitrogens with two attached hydrogens (primary N) is 1. The number of amides is 1. The molecule has 0 bridgehead atoms. The monoisotopic (exact) mass is 416 g/mol. The Hall–Kier alpha value is -2.13. The predicted octanol–water partition coefficient (Wildman–Crippen LogP) is 2.74. The number of rotatable bonds is 5. The van der Waals surface area contributed by atoms with E-state index in [4.69, 9.17) is 33.1 Å². The van der Waals surface area contributed by atoms with Crippen LogP contribution in [0.25, 0.3) is 0 Å². The molecular formula is C16H14Cl2N2O5S. The summed E-state index contributed by atoms with van der Waals surface area (Å²) in [7, 11) is -3.97. The summed E-state index contributed by atoms with van der Waals surface area (Å²) in [6, 6.07) is 8.47. The predicted molar refractivity (Wildman–Crippen MR) is 97.9 cm³/mol. The summed E-state index contributed by atoms with van der Waals surface area (Å²) in [4.78, 5) is 23.9. The van der Waals surface area contributed by atoms with E-state index in [9.17, 15) is 18.0 Å². The van der Waals surface area contributed by atoms with Gasteiger partial charge in [0, 0.05) is 0 Å². The van der Waals surface area contributed by atoms with Gasteiger partial charge in [0.2, 0.25) is 10.0 Å². The van der Waals surface area contributed by atoms with Gasteiger partial charge in [-0.3, -0.25) is 4.79 Å². The summed E-state index contributed by atoms with van der Waals surface area (Å²) in [6.45, 7) is 0.979. The number of nitrogens with one attached hydrogen (secondary N) is 1. The molecule has 0 spiro atoms. The zero-order valence-electron chi connectivity index (χ0n) is 13.5. The Balaban J connectivity index is 2.08. The molecule has 0 saturated carbocycles. The molecule has 0 fully saturated rings. The molecule has 0 saturated heterocycles. The van der Waals surface area contributed by atoms with Crippen LogP contribution in [-0.2, 0) is 19.6 Å². The molecule has 1 amide bonds. The van der Waals surface area contributed by atoms with E-state index in [2.05, 4.69) is 5.32 Å². The SMILES string of the molecule is Cc1ccc(S(N)(=O)=O)cc1C(=O)OCC(=O)Nc1c(Cl)cccc1Cl. The topological polar surface area (TPSA) is 116 Å². The molecule has 0 aliphatic heterocycles. The number of hydrogen-bond donors (Lipinski definition) is 2. The molecule has 26 heavy (non-hydrogen) atoms. The number of primary sulfonamides is 1. The number of carbonyl (C=O) groups excluding carboxylic acids is 2. The number of para-hydroxylation sites is 1. The highest BCUT2D eigenvalue weighted by Gasteiger charge is 2.17. The van der Waals surface area contributed by atoms with Crippen molar-refractivity contribution in [3.05, 3.63) is 57.6 Å². The third kappa shape index (κ3) is 4.95. The smallest absolute Gasteiger partial charge is 0.338 e. The molecule has 0 aromatic heterocycles. The number of ether oxygens (including phenoxy) is 1. The standard InChI is InChI=1S/C16H14Cl2N2O5S/c1-9-5-6-10(26(19,23)24)7-11(9)16(22)25-8-14(21)20-15-12(17)3-2-4-13(15)18/h2-7H,8H2,1H3,(H,20,21)(H2,19,23,24). The lowest BCUT2D eigenvalue weighted by Gasteiger charge is -2.11. The summed E-state index contributed by atoms with van der Waals surface area (Å²) in [5.41, 5.74) is 0.654. The Bertz CT molecular complexity index is 956. The number of aryl methyl sites for hydroxylation is 1. The number of sulfonamides is 1. The molecule has 0 aliphatic rings. The molecule has 0 aliphatic carbocycles. The minimum Gasteiger partial charge on any atom is -0.452 e. The van der Waals surface area contributed by atoms with Crippen LogP contribution in [0.2, 0.25) is 10.0 Å². The van der Waals surface area contributed by atoms with E-state index in [1.807, 2.05) is 0 Å². The Morgan fingerprint density at radius 2 is 1.77 bits per heavy atom. The molecule has 7 nitrogen and oxygen atoms in total. The lowest BCUT2D eigenvalue weighted by Crippen LogP contribution is -2.22. The molecule has 0 radical (unpaired) electrons. The first kappa shape index (κ1) is 20.2. The Kier molecular flexibility index (Phi) is 6.25. The van der Waals surface area contributed by atoms with Crippen molar-refractivity contribution in [3.63, 3.8) is 0 Å². The molecular weight excluding hydrogens is 403 g/mol. The lowest BCUT2D eigenvalue weighted by molar-refractivity contribution is -0.119. The van der Waals surface area contributed by atoms with Crippen molar-refractivity contribution < 1.29 is 22.7 Å². The van der Waals surface area contributed by atoms with E-state index in [0.717, 1.165) is 6.07 Å². The third-order valence-corrected chi connectivity index (χ3v) is 4.86. The van der Waals surface area contributed by atoms with Crippen LogP contribution in [0.4, 0.5) is 5.69 Å². The second-order valence-electron chi connectivity index (χ2n) is 5.24. The van der Waals surface area contributed by atoms with Gasteiger partial charge in [-0.25, -0.2) is 18.4 Å². The van der Waals surface area contributed by atoms with Crippen molar-refractivity contribution in [2.75, 3.05) is 11.9 Å². The summed E-state index contributed by atoms with van der Waals surface area (Å²) >= 11 is 11.9. The zero-order chi connectivity index (χ0) is 19.5. The highest BCUT2D eigenvalue weighted by atomic mass is 35.5. The van der Waals surface area contributed by atoms with Gasteiger partial charge in [-0.2, -0.15) is 0 Å². The molecule has 2 aromatic carbocycles. The first-order chi connectivity index (χ1) is 12.1. The van der Waals surface area contributed by atoms with Crippen LogP contribution in [0.15, 0.2) is 41.3 Å². The third-order valence-electron chi connectivity index (χ3n) is 3.32. The van der Waals surface area contributed by atoms with E-state index in [-0.39, 0.29) is 26.2 Å². The number of hydrogen-bond acceptors (Lipinski definition) is 5. The van der Waals surface area contributed by atoms with Gasteiger partial charge in [0.15, 0.2) is 6.61 Å². The Labute approximate surface area is 160 Å². The van der Waals surface area contributed by atoms with E-state index < -0.39 is 28.5 Å². The van der Waals surface area contributed by atoms with Crippen molar-refractivity contribution in [1.82, 2.24) is 0 Å². The molecule has 0 unspecified atom stereocenters. The highest BCUT2D eigenvalue weighted by molar-refractivity contribution is 7.89. The highest BCUT2D eigenvalue weighted by Crippen LogP contribution is 2.29. The largest absolute Gasteiger partial charge is 0.452 e. The van der Waals surface area contributed by atoms with Gasteiger partial charge in [0.25, 0.3) is 5.91 Å². The number of halogens is 2. The van der Waals surface area contributed by atoms with Gasteiger partial charge >= 0.3 is 5.97 Å². The summed E-state index contributed by atoms with van der Waals surface area (Å²) < 4.78 is 27.7. The van der Waals surface area contributed by atoms with Gasteiger partial charge in [0.05, 0.1) is 26.2 Å². The number of anilines is 1. The zero-order valence-corrected chi connectivity index (χ0v) is 15.8.